The molecule has 2 aliphatic rings. The highest BCUT2D eigenvalue weighted by atomic mass is 16.2. The lowest BCUT2D eigenvalue weighted by Crippen LogP contribution is -2.59. The fourth-order valence-electron chi connectivity index (χ4n) is 3.94. The first kappa shape index (κ1) is 17.1. The second kappa shape index (κ2) is 7.05. The largest absolute Gasteiger partial charge is 0.372 e. The second-order valence-electron chi connectivity index (χ2n) is 7.30. The number of rotatable bonds is 3. The molecule has 0 bridgehead atoms. The summed E-state index contributed by atoms with van der Waals surface area (Å²) in [5, 5.41) is 3.04. The molecule has 0 unspecified atom stereocenters. The molecule has 0 aliphatic carbocycles. The van der Waals surface area contributed by atoms with Crippen LogP contribution in [0.15, 0.2) is 12.4 Å². The summed E-state index contributed by atoms with van der Waals surface area (Å²) in [6, 6.07) is 0. The van der Waals surface area contributed by atoms with Crippen LogP contribution in [0.4, 0.5) is 5.82 Å². The molecule has 6 nitrogen and oxygen atoms in total. The molecular formula is C18H29N5O. The van der Waals surface area contributed by atoms with Crippen molar-refractivity contribution in [1.82, 2.24) is 19.8 Å². The number of carbonyl (C=O) groups excluding carboxylic acids is 1. The highest BCUT2D eigenvalue weighted by Gasteiger charge is 2.42. The molecule has 132 valence electrons. The number of piperidine rings is 2. The van der Waals surface area contributed by atoms with E-state index >= 15 is 0 Å². The van der Waals surface area contributed by atoms with Crippen LogP contribution in [0, 0.1) is 0 Å². The van der Waals surface area contributed by atoms with Crippen molar-refractivity contribution < 1.29 is 4.79 Å². The Balaban J connectivity index is 1.63. The molecule has 24 heavy (non-hydrogen) atoms. The van der Waals surface area contributed by atoms with Crippen molar-refractivity contribution in [2.75, 3.05) is 39.0 Å². The van der Waals surface area contributed by atoms with Crippen LogP contribution in [0.2, 0.25) is 0 Å². The lowest BCUT2D eigenvalue weighted by Gasteiger charge is -2.45. The summed E-state index contributed by atoms with van der Waals surface area (Å²) in [5.74, 6) is 1.51. The Morgan fingerprint density at radius 3 is 2.67 bits per heavy atom. The minimum atomic E-state index is -0.322. The van der Waals surface area contributed by atoms with Gasteiger partial charge in [-0.3, -0.25) is 14.7 Å². The number of hydrogen-bond donors (Lipinski definition) is 1. The SMILES string of the molecule is CNc1cncc(C2CCN(C(=O)[C@@]3(C)CCCCN3C)CC2)n1. The van der Waals surface area contributed by atoms with Crippen molar-refractivity contribution in [2.45, 2.75) is 50.5 Å². The summed E-state index contributed by atoms with van der Waals surface area (Å²) in [4.78, 5) is 26.3. The number of aromatic nitrogens is 2. The number of carbonyl (C=O) groups is 1. The summed E-state index contributed by atoms with van der Waals surface area (Å²) >= 11 is 0. The molecule has 3 rings (SSSR count). The number of anilines is 1. The zero-order valence-corrected chi connectivity index (χ0v) is 15.1. The van der Waals surface area contributed by atoms with Crippen molar-refractivity contribution in [3.63, 3.8) is 0 Å². The maximum Gasteiger partial charge on any atom is 0.242 e. The number of amides is 1. The third-order valence-corrected chi connectivity index (χ3v) is 5.82. The van der Waals surface area contributed by atoms with Crippen molar-refractivity contribution in [1.29, 1.82) is 0 Å². The highest BCUT2D eigenvalue weighted by Crippen LogP contribution is 2.32. The lowest BCUT2D eigenvalue weighted by atomic mass is 9.86. The summed E-state index contributed by atoms with van der Waals surface area (Å²) in [5.41, 5.74) is 0.715. The van der Waals surface area contributed by atoms with E-state index in [0.717, 1.165) is 56.8 Å². The lowest BCUT2D eigenvalue weighted by molar-refractivity contribution is -0.146. The van der Waals surface area contributed by atoms with E-state index in [9.17, 15) is 4.79 Å². The molecule has 0 spiro atoms. The van der Waals surface area contributed by atoms with Gasteiger partial charge in [0.1, 0.15) is 5.82 Å². The molecular weight excluding hydrogens is 302 g/mol. The minimum Gasteiger partial charge on any atom is -0.372 e. The maximum atomic E-state index is 13.1. The van der Waals surface area contributed by atoms with Gasteiger partial charge in [-0.1, -0.05) is 0 Å². The quantitative estimate of drug-likeness (QED) is 0.919. The Morgan fingerprint density at radius 1 is 1.25 bits per heavy atom. The summed E-state index contributed by atoms with van der Waals surface area (Å²) in [6.45, 7) is 4.77. The van der Waals surface area contributed by atoms with E-state index in [1.54, 1.807) is 6.20 Å². The Labute approximate surface area is 144 Å². The van der Waals surface area contributed by atoms with E-state index in [1.165, 1.54) is 6.42 Å². The zero-order valence-electron chi connectivity index (χ0n) is 15.1. The molecule has 0 saturated carbocycles. The van der Waals surface area contributed by atoms with Gasteiger partial charge in [-0.15, -0.1) is 0 Å². The predicted molar refractivity (Wildman–Crippen MR) is 95.0 cm³/mol. The number of nitrogens with zero attached hydrogens (tertiary/aromatic N) is 4. The van der Waals surface area contributed by atoms with Crippen LogP contribution in [-0.4, -0.2) is 64.9 Å². The standard InChI is InChI=1S/C18H29N5O/c1-18(8-4-5-9-22(18)3)17(24)23-10-6-14(7-11-23)15-12-20-13-16(19-2)21-15/h12-14H,4-11H2,1-3H3,(H,19,21)/t18-/m1/s1. The second-order valence-corrected chi connectivity index (χ2v) is 7.30. The van der Waals surface area contributed by atoms with E-state index in [1.807, 2.05) is 13.2 Å². The molecule has 1 atom stereocenters. The smallest absolute Gasteiger partial charge is 0.242 e. The number of likely N-dealkylation sites (tertiary alicyclic amines) is 2. The van der Waals surface area contributed by atoms with Gasteiger partial charge in [-0.25, -0.2) is 4.98 Å². The normalized spacial score (nSPS) is 26.4. The molecule has 2 aliphatic heterocycles. The fraction of sp³-hybridized carbons (Fsp3) is 0.722. The van der Waals surface area contributed by atoms with Gasteiger partial charge in [-0.2, -0.15) is 0 Å². The van der Waals surface area contributed by atoms with Crippen molar-refractivity contribution in [2.24, 2.45) is 0 Å². The monoisotopic (exact) mass is 331 g/mol. The molecule has 2 fully saturated rings. The van der Waals surface area contributed by atoms with Crippen molar-refractivity contribution in [3.05, 3.63) is 18.1 Å². The fourth-order valence-corrected chi connectivity index (χ4v) is 3.94. The van der Waals surface area contributed by atoms with Crippen LogP contribution >= 0.6 is 0 Å². The van der Waals surface area contributed by atoms with E-state index in [-0.39, 0.29) is 5.54 Å². The van der Waals surface area contributed by atoms with E-state index in [4.69, 9.17) is 0 Å². The third kappa shape index (κ3) is 3.24. The van der Waals surface area contributed by atoms with Crippen LogP contribution in [0.25, 0.3) is 0 Å². The molecule has 1 aromatic heterocycles. The molecule has 6 heteroatoms. The van der Waals surface area contributed by atoms with Crippen LogP contribution in [0.3, 0.4) is 0 Å². The Kier molecular flexibility index (Phi) is 5.04. The van der Waals surface area contributed by atoms with E-state index in [2.05, 4.69) is 39.1 Å². The molecule has 1 amide bonds. The Morgan fingerprint density at radius 2 is 2.00 bits per heavy atom. The number of hydrogen-bond acceptors (Lipinski definition) is 5. The van der Waals surface area contributed by atoms with Gasteiger partial charge in [-0.05, 0) is 52.6 Å². The number of nitrogens with one attached hydrogen (secondary N) is 1. The molecule has 1 aromatic rings. The average molecular weight is 331 g/mol. The van der Waals surface area contributed by atoms with Crippen molar-refractivity contribution in [3.8, 4) is 0 Å². The van der Waals surface area contributed by atoms with Gasteiger partial charge in [0, 0.05) is 32.3 Å². The van der Waals surface area contributed by atoms with Crippen LogP contribution in [-0.2, 0) is 4.79 Å². The first-order chi connectivity index (χ1) is 11.5. The molecule has 0 radical (unpaired) electrons. The summed E-state index contributed by atoms with van der Waals surface area (Å²) in [6.07, 6.45) is 8.84. The van der Waals surface area contributed by atoms with Gasteiger partial charge >= 0.3 is 0 Å². The van der Waals surface area contributed by atoms with Crippen LogP contribution < -0.4 is 5.32 Å². The third-order valence-electron chi connectivity index (χ3n) is 5.82. The van der Waals surface area contributed by atoms with Crippen LogP contribution in [0.1, 0.15) is 50.6 Å². The molecule has 0 aromatic carbocycles. The number of likely N-dealkylation sites (N-methyl/N-ethyl adjacent to an activating group) is 1. The first-order valence-corrected chi connectivity index (χ1v) is 9.05. The minimum absolute atomic E-state index is 0.304. The van der Waals surface area contributed by atoms with Gasteiger partial charge < -0.3 is 10.2 Å². The topological polar surface area (TPSA) is 61.4 Å². The Bertz CT molecular complexity index is 585. The zero-order chi connectivity index (χ0) is 17.2. The molecule has 3 heterocycles. The van der Waals surface area contributed by atoms with Crippen molar-refractivity contribution >= 4 is 11.7 Å². The predicted octanol–water partition coefficient (Wildman–Crippen LogP) is 2.10. The van der Waals surface area contributed by atoms with Gasteiger partial charge in [0.25, 0.3) is 0 Å². The summed E-state index contributed by atoms with van der Waals surface area (Å²) in [7, 11) is 3.94. The Hall–Kier alpha value is -1.69. The first-order valence-electron chi connectivity index (χ1n) is 9.05. The average Bonchev–Trinajstić information content (AvgIpc) is 2.64. The van der Waals surface area contributed by atoms with Gasteiger partial charge in [0.05, 0.1) is 17.4 Å². The highest BCUT2D eigenvalue weighted by molar-refractivity contribution is 5.86. The molecule has 1 N–H and O–H groups in total. The van der Waals surface area contributed by atoms with E-state index < -0.39 is 0 Å². The van der Waals surface area contributed by atoms with E-state index in [0.29, 0.717) is 11.8 Å². The van der Waals surface area contributed by atoms with Gasteiger partial charge in [0.2, 0.25) is 5.91 Å². The summed E-state index contributed by atoms with van der Waals surface area (Å²) < 4.78 is 0. The van der Waals surface area contributed by atoms with Gasteiger partial charge in [0.15, 0.2) is 0 Å². The maximum absolute atomic E-state index is 13.1. The van der Waals surface area contributed by atoms with Crippen LogP contribution in [0.5, 0.6) is 0 Å². The molecule has 2 saturated heterocycles.